The summed E-state index contributed by atoms with van der Waals surface area (Å²) in [4.78, 5) is 20.1. The molecule has 0 fully saturated rings. The minimum atomic E-state index is -0.225. The van der Waals surface area contributed by atoms with Gasteiger partial charge < -0.3 is 5.32 Å². The van der Waals surface area contributed by atoms with Crippen LogP contribution in [-0.4, -0.2) is 15.9 Å². The van der Waals surface area contributed by atoms with Crippen LogP contribution in [0.1, 0.15) is 10.4 Å². The Morgan fingerprint density at radius 1 is 1.05 bits per heavy atom. The van der Waals surface area contributed by atoms with E-state index in [-0.39, 0.29) is 11.1 Å². The Morgan fingerprint density at radius 3 is 2.70 bits per heavy atom. The zero-order valence-electron chi connectivity index (χ0n) is 10.4. The maximum absolute atomic E-state index is 12.3. The number of fused-ring (bicyclic) bond motifs is 1. The monoisotopic (exact) mass is 283 g/mol. The standard InChI is InChI=1S/C15H10ClN3O/c16-13-8-14(18-9-17-13)19-15(20)12-7-3-5-10-4-1-2-6-11(10)12/h1-9H,(H,17,18,19,20). The van der Waals surface area contributed by atoms with Crippen molar-refractivity contribution in [3.05, 3.63) is 65.6 Å². The second kappa shape index (κ2) is 5.27. The molecule has 4 nitrogen and oxygen atoms in total. The van der Waals surface area contributed by atoms with Gasteiger partial charge in [0.05, 0.1) is 0 Å². The van der Waals surface area contributed by atoms with Crippen molar-refractivity contribution in [2.45, 2.75) is 0 Å². The minimum Gasteiger partial charge on any atom is -0.306 e. The molecule has 5 heteroatoms. The highest BCUT2D eigenvalue weighted by atomic mass is 35.5. The summed E-state index contributed by atoms with van der Waals surface area (Å²) in [6.45, 7) is 0. The topological polar surface area (TPSA) is 54.9 Å². The second-order valence-corrected chi connectivity index (χ2v) is 4.59. The summed E-state index contributed by atoms with van der Waals surface area (Å²) >= 11 is 5.77. The molecule has 0 radical (unpaired) electrons. The number of carbonyl (C=O) groups is 1. The highest BCUT2D eigenvalue weighted by Crippen LogP contribution is 2.19. The van der Waals surface area contributed by atoms with E-state index in [0.717, 1.165) is 10.8 Å². The van der Waals surface area contributed by atoms with Crippen molar-refractivity contribution in [3.63, 3.8) is 0 Å². The molecule has 0 saturated heterocycles. The van der Waals surface area contributed by atoms with Crippen LogP contribution in [0.3, 0.4) is 0 Å². The van der Waals surface area contributed by atoms with Gasteiger partial charge in [0.1, 0.15) is 17.3 Å². The number of anilines is 1. The van der Waals surface area contributed by atoms with E-state index >= 15 is 0 Å². The van der Waals surface area contributed by atoms with Gasteiger partial charge in [0, 0.05) is 11.6 Å². The zero-order valence-corrected chi connectivity index (χ0v) is 11.1. The largest absolute Gasteiger partial charge is 0.306 e. The van der Waals surface area contributed by atoms with Gasteiger partial charge in [-0.25, -0.2) is 9.97 Å². The number of hydrogen-bond acceptors (Lipinski definition) is 3. The van der Waals surface area contributed by atoms with Crippen molar-refractivity contribution in [3.8, 4) is 0 Å². The fourth-order valence-corrected chi connectivity index (χ4v) is 2.16. The van der Waals surface area contributed by atoms with Crippen LogP contribution >= 0.6 is 11.6 Å². The Balaban J connectivity index is 1.97. The first kappa shape index (κ1) is 12.6. The van der Waals surface area contributed by atoms with Crippen LogP contribution in [0.15, 0.2) is 54.9 Å². The molecule has 0 saturated carbocycles. The van der Waals surface area contributed by atoms with Gasteiger partial charge in [0.25, 0.3) is 5.91 Å². The second-order valence-electron chi connectivity index (χ2n) is 4.21. The number of carbonyl (C=O) groups excluding carboxylic acids is 1. The van der Waals surface area contributed by atoms with Gasteiger partial charge in [0.2, 0.25) is 0 Å². The number of hydrogen-bond donors (Lipinski definition) is 1. The first-order chi connectivity index (χ1) is 9.74. The predicted octanol–water partition coefficient (Wildman–Crippen LogP) is 3.54. The molecular formula is C15H10ClN3O. The SMILES string of the molecule is O=C(Nc1cc(Cl)ncn1)c1cccc2ccccc12. The molecule has 0 aliphatic carbocycles. The number of rotatable bonds is 2. The molecule has 1 amide bonds. The van der Waals surface area contributed by atoms with Crippen LogP contribution in [0.5, 0.6) is 0 Å². The highest BCUT2D eigenvalue weighted by molar-refractivity contribution is 6.29. The van der Waals surface area contributed by atoms with Crippen molar-refractivity contribution in [1.82, 2.24) is 9.97 Å². The van der Waals surface area contributed by atoms with Crippen LogP contribution in [-0.2, 0) is 0 Å². The summed E-state index contributed by atoms with van der Waals surface area (Å²) in [5.74, 6) is 0.152. The van der Waals surface area contributed by atoms with Crippen molar-refractivity contribution in [2.24, 2.45) is 0 Å². The summed E-state index contributed by atoms with van der Waals surface area (Å²) in [6, 6.07) is 14.8. The molecule has 0 bridgehead atoms. The summed E-state index contributed by atoms with van der Waals surface area (Å²) in [5, 5.41) is 4.91. The van der Waals surface area contributed by atoms with E-state index in [1.807, 2.05) is 36.4 Å². The maximum Gasteiger partial charge on any atom is 0.257 e. The molecule has 0 unspecified atom stereocenters. The number of amides is 1. The maximum atomic E-state index is 12.3. The molecular weight excluding hydrogens is 274 g/mol. The lowest BCUT2D eigenvalue weighted by atomic mass is 10.0. The van der Waals surface area contributed by atoms with Crippen molar-refractivity contribution in [1.29, 1.82) is 0 Å². The molecule has 20 heavy (non-hydrogen) atoms. The molecule has 0 atom stereocenters. The average Bonchev–Trinajstić information content (AvgIpc) is 2.46. The van der Waals surface area contributed by atoms with Crippen LogP contribution in [0.25, 0.3) is 10.8 Å². The lowest BCUT2D eigenvalue weighted by Crippen LogP contribution is -2.13. The normalized spacial score (nSPS) is 10.4. The Bertz CT molecular complexity index is 783. The van der Waals surface area contributed by atoms with Gasteiger partial charge in [-0.05, 0) is 16.8 Å². The first-order valence-corrected chi connectivity index (χ1v) is 6.38. The minimum absolute atomic E-state index is 0.225. The zero-order chi connectivity index (χ0) is 13.9. The van der Waals surface area contributed by atoms with E-state index in [1.165, 1.54) is 12.4 Å². The van der Waals surface area contributed by atoms with Gasteiger partial charge >= 0.3 is 0 Å². The molecule has 3 rings (SSSR count). The van der Waals surface area contributed by atoms with Gasteiger partial charge in [-0.15, -0.1) is 0 Å². The molecule has 2 aromatic carbocycles. The van der Waals surface area contributed by atoms with E-state index in [9.17, 15) is 4.79 Å². The number of nitrogens with zero attached hydrogens (tertiary/aromatic N) is 2. The number of benzene rings is 2. The van der Waals surface area contributed by atoms with Crippen LogP contribution in [0.4, 0.5) is 5.82 Å². The smallest absolute Gasteiger partial charge is 0.257 e. The van der Waals surface area contributed by atoms with E-state index in [1.54, 1.807) is 6.07 Å². The first-order valence-electron chi connectivity index (χ1n) is 6.01. The molecule has 0 aliphatic heterocycles. The number of halogens is 1. The Hall–Kier alpha value is -2.46. The average molecular weight is 284 g/mol. The molecule has 0 spiro atoms. The lowest BCUT2D eigenvalue weighted by molar-refractivity contribution is 0.102. The van der Waals surface area contributed by atoms with E-state index in [4.69, 9.17) is 11.6 Å². The summed E-state index contributed by atoms with van der Waals surface area (Å²) in [6.07, 6.45) is 1.31. The van der Waals surface area contributed by atoms with E-state index < -0.39 is 0 Å². The van der Waals surface area contributed by atoms with Gasteiger partial charge in [-0.2, -0.15) is 0 Å². The fraction of sp³-hybridized carbons (Fsp3) is 0. The Kier molecular flexibility index (Phi) is 3.31. The third-order valence-corrected chi connectivity index (χ3v) is 3.12. The van der Waals surface area contributed by atoms with Gasteiger partial charge in [-0.3, -0.25) is 4.79 Å². The molecule has 1 N–H and O–H groups in total. The fourth-order valence-electron chi connectivity index (χ4n) is 2.01. The van der Waals surface area contributed by atoms with Gasteiger partial charge in [-0.1, -0.05) is 48.0 Å². The quantitative estimate of drug-likeness (QED) is 0.732. The lowest BCUT2D eigenvalue weighted by Gasteiger charge is -2.07. The molecule has 1 heterocycles. The summed E-state index contributed by atoms with van der Waals surface area (Å²) < 4.78 is 0. The molecule has 0 aliphatic rings. The van der Waals surface area contributed by atoms with E-state index in [2.05, 4.69) is 15.3 Å². The Labute approximate surface area is 120 Å². The Morgan fingerprint density at radius 2 is 1.85 bits per heavy atom. The van der Waals surface area contributed by atoms with Crippen LogP contribution < -0.4 is 5.32 Å². The highest BCUT2D eigenvalue weighted by Gasteiger charge is 2.10. The van der Waals surface area contributed by atoms with E-state index in [0.29, 0.717) is 11.4 Å². The van der Waals surface area contributed by atoms with Crippen molar-refractivity contribution >= 4 is 34.1 Å². The van der Waals surface area contributed by atoms with Crippen LogP contribution in [0, 0.1) is 0 Å². The molecule has 98 valence electrons. The summed E-state index contributed by atoms with van der Waals surface area (Å²) in [5.41, 5.74) is 0.595. The number of nitrogens with one attached hydrogen (secondary N) is 1. The molecule has 3 aromatic rings. The summed E-state index contributed by atoms with van der Waals surface area (Å²) in [7, 11) is 0. The third-order valence-electron chi connectivity index (χ3n) is 2.91. The molecule has 1 aromatic heterocycles. The van der Waals surface area contributed by atoms with Crippen molar-refractivity contribution in [2.75, 3.05) is 5.32 Å². The number of aromatic nitrogens is 2. The van der Waals surface area contributed by atoms with Gasteiger partial charge in [0.15, 0.2) is 0 Å². The third kappa shape index (κ3) is 2.46. The van der Waals surface area contributed by atoms with Crippen LogP contribution in [0.2, 0.25) is 5.15 Å². The predicted molar refractivity (Wildman–Crippen MR) is 78.9 cm³/mol. The van der Waals surface area contributed by atoms with Crippen molar-refractivity contribution < 1.29 is 4.79 Å².